The highest BCUT2D eigenvalue weighted by Gasteiger charge is 2.36. The number of H-pyrrole nitrogens is 1. The lowest BCUT2D eigenvalue weighted by Gasteiger charge is -2.44. The number of aromatic amines is 1. The van der Waals surface area contributed by atoms with Crippen LogP contribution in [0.3, 0.4) is 0 Å². The zero-order chi connectivity index (χ0) is 15.1. The minimum atomic E-state index is 0.208. The van der Waals surface area contributed by atoms with Crippen molar-refractivity contribution in [2.75, 3.05) is 6.54 Å². The van der Waals surface area contributed by atoms with E-state index < -0.39 is 0 Å². The average molecular weight is 318 g/mol. The molecule has 0 bridgehead atoms. The molecule has 1 saturated carbocycles. The Kier molecular flexibility index (Phi) is 3.59. The maximum absolute atomic E-state index is 12.4. The zero-order valence-electron chi connectivity index (χ0n) is 12.4. The molecule has 5 heteroatoms. The number of carbonyl (C=O) groups is 1. The monoisotopic (exact) mass is 317 g/mol. The van der Waals surface area contributed by atoms with Crippen LogP contribution in [0.5, 0.6) is 0 Å². The van der Waals surface area contributed by atoms with Crippen LogP contribution in [0, 0.1) is 0 Å². The van der Waals surface area contributed by atoms with Gasteiger partial charge in [0.05, 0.1) is 13.1 Å². The predicted octanol–water partition coefficient (Wildman–Crippen LogP) is 3.06. The first-order valence-corrected chi connectivity index (χ1v) is 8.38. The molecule has 2 fully saturated rings. The zero-order valence-corrected chi connectivity index (χ0v) is 13.2. The first-order valence-electron chi connectivity index (χ1n) is 8.01. The number of hydrogen-bond acceptors (Lipinski definition) is 2. The molecular formula is C17H20ClN3O. The van der Waals surface area contributed by atoms with Gasteiger partial charge in [0.2, 0.25) is 5.91 Å². The van der Waals surface area contributed by atoms with Crippen molar-refractivity contribution in [3.05, 3.63) is 35.0 Å². The molecular weight excluding hydrogens is 298 g/mol. The van der Waals surface area contributed by atoms with E-state index in [0.717, 1.165) is 28.0 Å². The summed E-state index contributed by atoms with van der Waals surface area (Å²) in [6, 6.07) is 8.74. The summed E-state index contributed by atoms with van der Waals surface area (Å²) in [5, 5.41) is 5.24. The van der Waals surface area contributed by atoms with Crippen molar-refractivity contribution in [3.63, 3.8) is 0 Å². The quantitative estimate of drug-likeness (QED) is 0.894. The molecule has 2 N–H and O–H groups in total. The lowest BCUT2D eigenvalue weighted by atomic mass is 9.87. The van der Waals surface area contributed by atoms with Crippen LogP contribution in [-0.4, -0.2) is 34.4 Å². The smallest absolute Gasteiger partial charge is 0.237 e. The molecule has 1 aliphatic carbocycles. The van der Waals surface area contributed by atoms with Crippen molar-refractivity contribution in [1.29, 1.82) is 0 Å². The highest BCUT2D eigenvalue weighted by molar-refractivity contribution is 6.31. The number of hydrogen-bond donors (Lipinski definition) is 2. The van der Waals surface area contributed by atoms with Gasteiger partial charge in [-0.3, -0.25) is 4.79 Å². The molecule has 2 aliphatic rings. The predicted molar refractivity (Wildman–Crippen MR) is 87.9 cm³/mol. The molecule has 0 spiro atoms. The van der Waals surface area contributed by atoms with Crippen LogP contribution >= 0.6 is 11.6 Å². The van der Waals surface area contributed by atoms with E-state index in [-0.39, 0.29) is 5.91 Å². The Morgan fingerprint density at radius 3 is 3.00 bits per heavy atom. The highest BCUT2D eigenvalue weighted by atomic mass is 35.5. The van der Waals surface area contributed by atoms with Gasteiger partial charge < -0.3 is 15.2 Å². The van der Waals surface area contributed by atoms with Crippen LogP contribution in [0.2, 0.25) is 5.02 Å². The van der Waals surface area contributed by atoms with Crippen molar-refractivity contribution in [3.8, 4) is 0 Å². The normalized spacial score (nSPS) is 25.5. The van der Waals surface area contributed by atoms with Crippen LogP contribution in [0.1, 0.15) is 31.4 Å². The fourth-order valence-corrected chi connectivity index (χ4v) is 4.05. The van der Waals surface area contributed by atoms with Gasteiger partial charge in [-0.05, 0) is 37.1 Å². The lowest BCUT2D eigenvalue weighted by Crippen LogP contribution is -2.61. The summed E-state index contributed by atoms with van der Waals surface area (Å²) >= 11 is 6.05. The Hall–Kier alpha value is -1.52. The number of halogens is 1. The lowest BCUT2D eigenvalue weighted by molar-refractivity contribution is -0.138. The van der Waals surface area contributed by atoms with Crippen LogP contribution in [0.25, 0.3) is 10.9 Å². The average Bonchev–Trinajstić information content (AvgIpc) is 2.92. The summed E-state index contributed by atoms with van der Waals surface area (Å²) in [7, 11) is 0. The van der Waals surface area contributed by atoms with Gasteiger partial charge in [-0.15, -0.1) is 0 Å². The Morgan fingerprint density at radius 1 is 1.23 bits per heavy atom. The number of aromatic nitrogens is 1. The SMILES string of the molecule is O=C1CNC2CCCCC2N1Cc1cc2cc(Cl)ccc2[nH]1. The molecule has 1 aliphatic heterocycles. The number of carbonyl (C=O) groups excluding carboxylic acids is 1. The van der Waals surface area contributed by atoms with E-state index in [4.69, 9.17) is 11.6 Å². The summed E-state index contributed by atoms with van der Waals surface area (Å²) in [5.41, 5.74) is 2.15. The van der Waals surface area contributed by atoms with Crippen molar-refractivity contribution in [1.82, 2.24) is 15.2 Å². The van der Waals surface area contributed by atoms with Crippen molar-refractivity contribution < 1.29 is 4.79 Å². The summed E-state index contributed by atoms with van der Waals surface area (Å²) in [6.07, 6.45) is 4.77. The molecule has 116 valence electrons. The second-order valence-electron chi connectivity index (χ2n) is 6.39. The summed E-state index contributed by atoms with van der Waals surface area (Å²) in [6.45, 7) is 1.13. The van der Waals surface area contributed by atoms with Crippen LogP contribution < -0.4 is 5.32 Å². The minimum absolute atomic E-state index is 0.208. The summed E-state index contributed by atoms with van der Waals surface area (Å²) < 4.78 is 0. The van der Waals surface area contributed by atoms with Gasteiger partial charge in [0.15, 0.2) is 0 Å². The van der Waals surface area contributed by atoms with Gasteiger partial charge in [-0.2, -0.15) is 0 Å². The topological polar surface area (TPSA) is 48.1 Å². The first-order chi connectivity index (χ1) is 10.7. The fourth-order valence-electron chi connectivity index (χ4n) is 3.87. The summed E-state index contributed by atoms with van der Waals surface area (Å²) in [4.78, 5) is 17.8. The van der Waals surface area contributed by atoms with Gasteiger partial charge >= 0.3 is 0 Å². The number of nitrogens with zero attached hydrogens (tertiary/aromatic N) is 1. The highest BCUT2D eigenvalue weighted by Crippen LogP contribution is 2.28. The molecule has 1 aromatic heterocycles. The van der Waals surface area contributed by atoms with Gasteiger partial charge in [0.25, 0.3) is 0 Å². The number of fused-ring (bicyclic) bond motifs is 2. The van der Waals surface area contributed by atoms with Gasteiger partial charge in [0.1, 0.15) is 0 Å². The maximum atomic E-state index is 12.4. The summed E-state index contributed by atoms with van der Waals surface area (Å²) in [5.74, 6) is 0.208. The molecule has 2 heterocycles. The van der Waals surface area contributed by atoms with Gasteiger partial charge in [0, 0.05) is 33.7 Å². The molecule has 1 aromatic carbocycles. The Bertz CT molecular complexity index is 711. The molecule has 22 heavy (non-hydrogen) atoms. The maximum Gasteiger partial charge on any atom is 0.237 e. The second kappa shape index (κ2) is 5.60. The fraction of sp³-hybridized carbons (Fsp3) is 0.471. The molecule has 4 rings (SSSR count). The second-order valence-corrected chi connectivity index (χ2v) is 6.82. The molecule has 2 atom stereocenters. The first kappa shape index (κ1) is 14.1. The third-order valence-corrected chi connectivity index (χ3v) is 5.18. The molecule has 0 radical (unpaired) electrons. The number of nitrogens with one attached hydrogen (secondary N) is 2. The number of rotatable bonds is 2. The molecule has 1 amide bonds. The van der Waals surface area contributed by atoms with Crippen LogP contribution in [0.15, 0.2) is 24.3 Å². The number of amides is 1. The van der Waals surface area contributed by atoms with E-state index in [1.165, 1.54) is 19.3 Å². The number of piperazine rings is 1. The Balaban J connectivity index is 1.60. The van der Waals surface area contributed by atoms with Crippen molar-refractivity contribution in [2.24, 2.45) is 0 Å². The van der Waals surface area contributed by atoms with E-state index in [1.54, 1.807) is 0 Å². The third kappa shape index (κ3) is 2.50. The minimum Gasteiger partial charge on any atom is -0.357 e. The largest absolute Gasteiger partial charge is 0.357 e. The van der Waals surface area contributed by atoms with E-state index in [1.807, 2.05) is 18.2 Å². The molecule has 4 nitrogen and oxygen atoms in total. The van der Waals surface area contributed by atoms with E-state index >= 15 is 0 Å². The Morgan fingerprint density at radius 2 is 2.09 bits per heavy atom. The van der Waals surface area contributed by atoms with Crippen LogP contribution in [0.4, 0.5) is 0 Å². The van der Waals surface area contributed by atoms with Gasteiger partial charge in [-0.25, -0.2) is 0 Å². The van der Waals surface area contributed by atoms with E-state index in [2.05, 4.69) is 21.3 Å². The molecule has 2 aromatic rings. The van der Waals surface area contributed by atoms with Crippen molar-refractivity contribution >= 4 is 28.4 Å². The van der Waals surface area contributed by atoms with E-state index in [0.29, 0.717) is 25.2 Å². The molecule has 2 unspecified atom stereocenters. The third-order valence-electron chi connectivity index (χ3n) is 4.94. The molecule has 1 saturated heterocycles. The Labute approximate surface area is 134 Å². The van der Waals surface area contributed by atoms with E-state index in [9.17, 15) is 4.79 Å². The van der Waals surface area contributed by atoms with Crippen molar-refractivity contribution in [2.45, 2.75) is 44.3 Å². The van der Waals surface area contributed by atoms with Crippen LogP contribution in [-0.2, 0) is 11.3 Å². The standard InChI is InChI=1S/C17H20ClN3O/c18-12-5-6-14-11(7-12)8-13(20-14)10-21-16-4-2-1-3-15(16)19-9-17(21)22/h5-8,15-16,19-20H,1-4,9-10H2. The number of benzene rings is 1. The van der Waals surface area contributed by atoms with Gasteiger partial charge in [-0.1, -0.05) is 24.4 Å².